The van der Waals surface area contributed by atoms with Crippen molar-refractivity contribution in [1.29, 1.82) is 0 Å². The van der Waals surface area contributed by atoms with Crippen LogP contribution in [0, 0.1) is 5.41 Å². The van der Waals surface area contributed by atoms with E-state index in [0.717, 1.165) is 45.5 Å². The van der Waals surface area contributed by atoms with E-state index in [2.05, 4.69) is 26.4 Å². The van der Waals surface area contributed by atoms with E-state index in [1.165, 1.54) is 11.8 Å². The predicted octanol–water partition coefficient (Wildman–Crippen LogP) is 2.30. The number of hydrogen-bond donors (Lipinski definition) is 2. The largest absolute Gasteiger partial charge is 0.490 e. The molecule has 0 radical (unpaired) electrons. The summed E-state index contributed by atoms with van der Waals surface area (Å²) in [4.78, 5) is 11.4. The lowest BCUT2D eigenvalue weighted by Crippen LogP contribution is -2.57. The van der Waals surface area contributed by atoms with Crippen LogP contribution in [-0.4, -0.2) is 69.2 Å². The number of carboxylic acid groups (broad SMARTS) is 1. The quantitative estimate of drug-likeness (QED) is 0.719. The van der Waals surface area contributed by atoms with Gasteiger partial charge in [-0.25, -0.2) is 17.9 Å². The first kappa shape index (κ1) is 24.1. The van der Waals surface area contributed by atoms with Gasteiger partial charge in [-0.05, 0) is 60.2 Å². The Balaban J connectivity index is 0.000000370. The van der Waals surface area contributed by atoms with Gasteiger partial charge < -0.3 is 9.84 Å². The van der Waals surface area contributed by atoms with Crippen LogP contribution >= 0.6 is 11.3 Å². The summed E-state index contributed by atoms with van der Waals surface area (Å²) in [5.41, 5.74) is 1.44. The van der Waals surface area contributed by atoms with Gasteiger partial charge in [-0.3, -0.25) is 4.90 Å². The van der Waals surface area contributed by atoms with Crippen molar-refractivity contribution in [1.82, 2.24) is 9.62 Å². The first-order valence-corrected chi connectivity index (χ1v) is 11.8. The number of rotatable bonds is 4. The molecule has 0 bridgehead atoms. The number of nitrogens with one attached hydrogen (secondary N) is 1. The van der Waals surface area contributed by atoms with Crippen LogP contribution in [0.4, 0.5) is 13.2 Å². The maximum atomic E-state index is 11.6. The van der Waals surface area contributed by atoms with Gasteiger partial charge in [0, 0.05) is 13.2 Å². The van der Waals surface area contributed by atoms with Gasteiger partial charge in [0.2, 0.25) is 10.0 Å². The highest BCUT2D eigenvalue weighted by Crippen LogP contribution is 2.41. The molecule has 1 unspecified atom stereocenters. The summed E-state index contributed by atoms with van der Waals surface area (Å²) in [5.74, 6) is -2.76. The van der Waals surface area contributed by atoms with Crippen LogP contribution in [0.3, 0.4) is 0 Å². The van der Waals surface area contributed by atoms with E-state index < -0.39 is 22.2 Å². The summed E-state index contributed by atoms with van der Waals surface area (Å²) in [7, 11) is -3.20. The lowest BCUT2D eigenvalue weighted by molar-refractivity contribution is -0.192. The molecule has 29 heavy (non-hydrogen) atoms. The summed E-state index contributed by atoms with van der Waals surface area (Å²) in [6, 6.07) is 2.09. The highest BCUT2D eigenvalue weighted by atomic mass is 32.2. The summed E-state index contributed by atoms with van der Waals surface area (Å²) < 4.78 is 63.3. The zero-order valence-corrected chi connectivity index (χ0v) is 17.6. The number of thiophene rings is 1. The predicted molar refractivity (Wildman–Crippen MR) is 102 cm³/mol. The van der Waals surface area contributed by atoms with E-state index in [4.69, 9.17) is 14.6 Å². The number of carbonyl (C=O) groups is 1. The molecule has 1 atom stereocenters. The molecular weight excluding hydrogens is 433 g/mol. The van der Waals surface area contributed by atoms with Crippen LogP contribution in [-0.2, 0) is 26.1 Å². The van der Waals surface area contributed by atoms with Crippen molar-refractivity contribution in [2.24, 2.45) is 5.41 Å². The molecule has 0 amide bonds. The van der Waals surface area contributed by atoms with Gasteiger partial charge in [-0.15, -0.1) is 0 Å². The molecule has 2 saturated heterocycles. The molecule has 3 rings (SSSR count). The number of halogens is 3. The van der Waals surface area contributed by atoms with E-state index >= 15 is 0 Å². The van der Waals surface area contributed by atoms with Crippen molar-refractivity contribution in [2.45, 2.75) is 38.0 Å². The Hall–Kier alpha value is -1.21. The topological polar surface area (TPSA) is 95.9 Å². The third-order valence-corrected chi connectivity index (χ3v) is 6.65. The third kappa shape index (κ3) is 7.52. The van der Waals surface area contributed by atoms with Gasteiger partial charge in [-0.1, -0.05) is 0 Å². The molecule has 0 saturated carbocycles. The molecule has 3 heterocycles. The van der Waals surface area contributed by atoms with Gasteiger partial charge in [0.05, 0.1) is 18.9 Å². The molecule has 0 aliphatic carbocycles. The molecule has 2 aliphatic rings. The molecule has 2 fully saturated rings. The number of sulfonamides is 1. The summed E-state index contributed by atoms with van der Waals surface area (Å²) >= 11 is 1.74. The lowest BCUT2D eigenvalue weighted by Gasteiger charge is -2.48. The Morgan fingerprint density at radius 1 is 1.38 bits per heavy atom. The van der Waals surface area contributed by atoms with Crippen molar-refractivity contribution in [3.8, 4) is 0 Å². The number of likely N-dealkylation sites (tertiary alicyclic amines) is 1. The molecule has 2 N–H and O–H groups in total. The third-order valence-electron chi connectivity index (χ3n) is 5.20. The number of carboxylic acids is 1. The van der Waals surface area contributed by atoms with Gasteiger partial charge in [0.15, 0.2) is 0 Å². The number of piperidine rings is 1. The maximum absolute atomic E-state index is 11.6. The molecule has 1 aromatic rings. The van der Waals surface area contributed by atoms with Gasteiger partial charge >= 0.3 is 12.1 Å². The van der Waals surface area contributed by atoms with E-state index in [0.29, 0.717) is 6.61 Å². The fraction of sp³-hybridized carbons (Fsp3) is 0.706. The molecule has 0 aromatic carbocycles. The van der Waals surface area contributed by atoms with Gasteiger partial charge in [0.1, 0.15) is 0 Å². The Bertz CT molecular complexity index is 761. The Kier molecular flexibility index (Phi) is 8.08. The standard InChI is InChI=1S/C15H24N2O3S2.C2HF3O2/c1-22(18,19)16-14-11-20-8-5-15(14)3-6-17(7-4-15)10-13-2-9-21-12-13;3-2(4,5)1(6)7/h2,9,12,14,16H,3-8,10-11H2,1H3;(H,6,7). The smallest absolute Gasteiger partial charge is 0.475 e. The van der Waals surface area contributed by atoms with Crippen molar-refractivity contribution in [3.63, 3.8) is 0 Å². The second kappa shape index (κ2) is 9.73. The first-order chi connectivity index (χ1) is 13.4. The number of aliphatic carboxylic acids is 1. The summed E-state index contributed by atoms with van der Waals surface area (Å²) in [6.07, 6.45) is -0.825. The van der Waals surface area contributed by atoms with Crippen molar-refractivity contribution in [3.05, 3.63) is 22.4 Å². The van der Waals surface area contributed by atoms with E-state index in [9.17, 15) is 21.6 Å². The number of hydrogen-bond acceptors (Lipinski definition) is 6. The zero-order chi connectivity index (χ0) is 21.7. The van der Waals surface area contributed by atoms with Gasteiger partial charge in [-0.2, -0.15) is 24.5 Å². The second-order valence-corrected chi connectivity index (χ2v) is 9.90. The van der Waals surface area contributed by atoms with E-state index in [1.807, 2.05) is 0 Å². The summed E-state index contributed by atoms with van der Waals surface area (Å²) in [6.45, 7) is 4.29. The molecule has 7 nitrogen and oxygen atoms in total. The molecule has 2 aliphatic heterocycles. The second-order valence-electron chi connectivity index (χ2n) is 7.34. The molecule has 1 aromatic heterocycles. The Morgan fingerprint density at radius 2 is 2.00 bits per heavy atom. The minimum Gasteiger partial charge on any atom is -0.475 e. The molecule has 1 spiro atoms. The van der Waals surface area contributed by atoms with Crippen LogP contribution < -0.4 is 4.72 Å². The minimum atomic E-state index is -5.08. The van der Waals surface area contributed by atoms with Crippen molar-refractivity contribution < 1.29 is 36.2 Å². The maximum Gasteiger partial charge on any atom is 0.490 e. The summed E-state index contributed by atoms with van der Waals surface area (Å²) in [5, 5.41) is 11.4. The van der Waals surface area contributed by atoms with E-state index in [1.54, 1.807) is 11.3 Å². The fourth-order valence-electron chi connectivity index (χ4n) is 3.64. The van der Waals surface area contributed by atoms with Crippen LogP contribution in [0.1, 0.15) is 24.8 Å². The molecule has 12 heteroatoms. The number of alkyl halides is 3. The van der Waals surface area contributed by atoms with Crippen LogP contribution in [0.5, 0.6) is 0 Å². The van der Waals surface area contributed by atoms with Crippen LogP contribution in [0.15, 0.2) is 16.8 Å². The first-order valence-electron chi connectivity index (χ1n) is 9.00. The fourth-order valence-corrected chi connectivity index (χ4v) is 5.14. The zero-order valence-electron chi connectivity index (χ0n) is 15.9. The average molecular weight is 459 g/mol. The highest BCUT2D eigenvalue weighted by molar-refractivity contribution is 7.88. The molecule has 166 valence electrons. The van der Waals surface area contributed by atoms with Crippen LogP contribution in [0.25, 0.3) is 0 Å². The van der Waals surface area contributed by atoms with Crippen molar-refractivity contribution >= 4 is 27.3 Å². The Morgan fingerprint density at radius 3 is 2.48 bits per heavy atom. The minimum absolute atomic E-state index is 0.0620. The monoisotopic (exact) mass is 458 g/mol. The SMILES string of the molecule is CS(=O)(=O)NC1COCCC12CCN(Cc1ccsc1)CC2.O=C(O)C(F)(F)F. The normalized spacial score (nSPS) is 22.7. The Labute approximate surface area is 171 Å². The lowest BCUT2D eigenvalue weighted by atomic mass is 9.69. The van der Waals surface area contributed by atoms with Crippen molar-refractivity contribution in [2.75, 3.05) is 32.6 Å². The van der Waals surface area contributed by atoms with Gasteiger partial charge in [0.25, 0.3) is 0 Å². The molecular formula is C17H25F3N2O5S2. The number of nitrogens with zero attached hydrogens (tertiary/aromatic N) is 1. The van der Waals surface area contributed by atoms with E-state index in [-0.39, 0.29) is 11.5 Å². The van der Waals surface area contributed by atoms with Crippen LogP contribution in [0.2, 0.25) is 0 Å². The number of ether oxygens (including phenoxy) is 1. The highest BCUT2D eigenvalue weighted by Gasteiger charge is 2.44. The average Bonchev–Trinajstić information content (AvgIpc) is 3.11.